The number of halogens is 1. The third-order valence-electron chi connectivity index (χ3n) is 2.95. The van der Waals surface area contributed by atoms with Gasteiger partial charge >= 0.3 is 0 Å². The van der Waals surface area contributed by atoms with Gasteiger partial charge in [-0.15, -0.1) is 0 Å². The van der Waals surface area contributed by atoms with Crippen molar-refractivity contribution >= 4 is 15.9 Å². The summed E-state index contributed by atoms with van der Waals surface area (Å²) in [6, 6.07) is 8.62. The van der Waals surface area contributed by atoms with Crippen molar-refractivity contribution in [1.82, 2.24) is 15.3 Å². The minimum absolute atomic E-state index is 0.225. The number of fused-ring (bicyclic) bond motifs is 1. The van der Waals surface area contributed by atoms with E-state index in [1.807, 2.05) is 0 Å². The van der Waals surface area contributed by atoms with Crippen molar-refractivity contribution in [2.45, 2.75) is 12.5 Å². The van der Waals surface area contributed by atoms with E-state index < -0.39 is 0 Å². The van der Waals surface area contributed by atoms with E-state index >= 15 is 0 Å². The number of hydrogen-bond donors (Lipinski definition) is 2. The van der Waals surface area contributed by atoms with Crippen LogP contribution in [0, 0.1) is 0 Å². The van der Waals surface area contributed by atoms with E-state index in [4.69, 9.17) is 0 Å². The van der Waals surface area contributed by atoms with Gasteiger partial charge in [-0.2, -0.15) is 0 Å². The van der Waals surface area contributed by atoms with Gasteiger partial charge in [0.05, 0.1) is 18.1 Å². The van der Waals surface area contributed by atoms with Crippen molar-refractivity contribution < 1.29 is 0 Å². The van der Waals surface area contributed by atoms with Crippen molar-refractivity contribution in [3.63, 3.8) is 0 Å². The van der Waals surface area contributed by atoms with Gasteiger partial charge in [-0.1, -0.05) is 28.1 Å². The Labute approximate surface area is 102 Å². The number of aromatic nitrogens is 2. The van der Waals surface area contributed by atoms with Crippen molar-refractivity contribution in [1.29, 1.82) is 0 Å². The molecule has 0 spiro atoms. The van der Waals surface area contributed by atoms with Gasteiger partial charge in [0, 0.05) is 23.1 Å². The molecule has 1 atom stereocenters. The summed E-state index contributed by atoms with van der Waals surface area (Å²) in [5, 5.41) is 3.50. The lowest BCUT2D eigenvalue weighted by Crippen LogP contribution is -2.30. The molecule has 0 bridgehead atoms. The quantitative estimate of drug-likeness (QED) is 0.841. The summed E-state index contributed by atoms with van der Waals surface area (Å²) in [6.07, 6.45) is 2.81. The average Bonchev–Trinajstić information content (AvgIpc) is 2.78. The summed E-state index contributed by atoms with van der Waals surface area (Å²) in [5.74, 6) is 0. The molecule has 2 N–H and O–H groups in total. The molecule has 1 aliphatic rings. The molecule has 3 rings (SSSR count). The highest BCUT2D eigenvalue weighted by Gasteiger charge is 2.23. The summed E-state index contributed by atoms with van der Waals surface area (Å²) in [6.45, 7) is 0.996. The van der Waals surface area contributed by atoms with Crippen LogP contribution in [-0.4, -0.2) is 16.5 Å². The maximum absolute atomic E-state index is 4.41. The molecule has 0 amide bonds. The van der Waals surface area contributed by atoms with Gasteiger partial charge in [-0.3, -0.25) is 0 Å². The Balaban J connectivity index is 2.00. The smallest absolute Gasteiger partial charge is 0.0926 e. The molecule has 1 aromatic heterocycles. The lowest BCUT2D eigenvalue weighted by atomic mass is 9.98. The molecular weight excluding hydrogens is 266 g/mol. The van der Waals surface area contributed by atoms with E-state index in [9.17, 15) is 0 Å². The molecule has 0 saturated heterocycles. The first-order chi connectivity index (χ1) is 7.84. The molecule has 16 heavy (non-hydrogen) atoms. The highest BCUT2D eigenvalue weighted by atomic mass is 79.9. The first-order valence-corrected chi connectivity index (χ1v) is 6.15. The first kappa shape index (κ1) is 10.1. The predicted octanol–water partition coefficient (Wildman–Crippen LogP) is 2.41. The minimum Gasteiger partial charge on any atom is -0.348 e. The van der Waals surface area contributed by atoms with Crippen LogP contribution in [0.25, 0.3) is 0 Å². The molecule has 3 nitrogen and oxygen atoms in total. The van der Waals surface area contributed by atoms with E-state index in [2.05, 4.69) is 55.5 Å². The number of benzene rings is 1. The summed E-state index contributed by atoms with van der Waals surface area (Å²) in [4.78, 5) is 7.62. The number of rotatable bonds is 1. The second-order valence-electron chi connectivity index (χ2n) is 3.96. The highest BCUT2D eigenvalue weighted by Crippen LogP contribution is 2.26. The Morgan fingerprint density at radius 3 is 2.88 bits per heavy atom. The van der Waals surface area contributed by atoms with E-state index in [0.29, 0.717) is 0 Å². The molecular formula is C12H12BrN3. The maximum Gasteiger partial charge on any atom is 0.0926 e. The Bertz CT molecular complexity index is 489. The van der Waals surface area contributed by atoms with Crippen LogP contribution in [-0.2, 0) is 6.42 Å². The third kappa shape index (κ3) is 1.68. The fourth-order valence-corrected chi connectivity index (χ4v) is 2.41. The molecule has 0 saturated carbocycles. The normalized spacial score (nSPS) is 19.4. The SMILES string of the molecule is Brc1ccc([C@@H]2NCCc3[nH]cnc32)cc1. The number of aromatic amines is 1. The fourth-order valence-electron chi connectivity index (χ4n) is 2.15. The molecule has 0 fully saturated rings. The molecule has 2 aromatic rings. The Morgan fingerprint density at radius 1 is 1.25 bits per heavy atom. The van der Waals surface area contributed by atoms with Crippen LogP contribution < -0.4 is 5.32 Å². The largest absolute Gasteiger partial charge is 0.348 e. The molecule has 1 aromatic carbocycles. The van der Waals surface area contributed by atoms with Gasteiger partial charge in [0.1, 0.15) is 0 Å². The van der Waals surface area contributed by atoms with Gasteiger partial charge in [0.25, 0.3) is 0 Å². The van der Waals surface area contributed by atoms with Crippen LogP contribution in [0.4, 0.5) is 0 Å². The van der Waals surface area contributed by atoms with Crippen LogP contribution in [0.2, 0.25) is 0 Å². The monoisotopic (exact) mass is 277 g/mol. The van der Waals surface area contributed by atoms with Gasteiger partial charge in [0.2, 0.25) is 0 Å². The van der Waals surface area contributed by atoms with Crippen LogP contribution in [0.3, 0.4) is 0 Å². The molecule has 0 aliphatic carbocycles. The van der Waals surface area contributed by atoms with Crippen molar-refractivity contribution in [3.05, 3.63) is 52.0 Å². The van der Waals surface area contributed by atoms with Crippen LogP contribution >= 0.6 is 15.9 Å². The number of imidazole rings is 1. The van der Waals surface area contributed by atoms with Gasteiger partial charge in [0.15, 0.2) is 0 Å². The fraction of sp³-hybridized carbons (Fsp3) is 0.250. The number of nitrogens with zero attached hydrogens (tertiary/aromatic N) is 1. The standard InChI is InChI=1S/C12H12BrN3/c13-9-3-1-8(2-4-9)11-12-10(5-6-14-11)15-7-16-12/h1-4,7,11,14H,5-6H2,(H,15,16)/t11-/m0/s1. The van der Waals surface area contributed by atoms with Crippen molar-refractivity contribution in [2.75, 3.05) is 6.54 Å². The summed E-state index contributed by atoms with van der Waals surface area (Å²) >= 11 is 3.45. The average molecular weight is 278 g/mol. The van der Waals surface area contributed by atoms with Crippen LogP contribution in [0.1, 0.15) is 23.0 Å². The summed E-state index contributed by atoms with van der Waals surface area (Å²) < 4.78 is 1.11. The third-order valence-corrected chi connectivity index (χ3v) is 3.48. The highest BCUT2D eigenvalue weighted by molar-refractivity contribution is 9.10. The zero-order valence-corrected chi connectivity index (χ0v) is 10.3. The van der Waals surface area contributed by atoms with E-state index in [1.54, 1.807) is 6.33 Å². The van der Waals surface area contributed by atoms with E-state index in [0.717, 1.165) is 23.1 Å². The predicted molar refractivity (Wildman–Crippen MR) is 66.3 cm³/mol. The first-order valence-electron chi connectivity index (χ1n) is 5.35. The van der Waals surface area contributed by atoms with Gasteiger partial charge in [-0.25, -0.2) is 4.98 Å². The maximum atomic E-state index is 4.41. The number of H-pyrrole nitrogens is 1. The second kappa shape index (κ2) is 4.03. The van der Waals surface area contributed by atoms with Gasteiger partial charge < -0.3 is 10.3 Å². The second-order valence-corrected chi connectivity index (χ2v) is 4.87. The Morgan fingerprint density at radius 2 is 2.06 bits per heavy atom. The topological polar surface area (TPSA) is 40.7 Å². The van der Waals surface area contributed by atoms with Crippen LogP contribution in [0.5, 0.6) is 0 Å². The zero-order chi connectivity index (χ0) is 11.0. The number of nitrogens with one attached hydrogen (secondary N) is 2. The van der Waals surface area contributed by atoms with Crippen molar-refractivity contribution in [2.24, 2.45) is 0 Å². The molecule has 2 heterocycles. The summed E-state index contributed by atoms with van der Waals surface area (Å²) in [5.41, 5.74) is 3.65. The van der Waals surface area contributed by atoms with Crippen molar-refractivity contribution in [3.8, 4) is 0 Å². The molecule has 1 aliphatic heterocycles. The molecule has 4 heteroatoms. The lowest BCUT2D eigenvalue weighted by molar-refractivity contribution is 0.553. The lowest BCUT2D eigenvalue weighted by Gasteiger charge is -2.23. The minimum atomic E-state index is 0.225. The molecule has 82 valence electrons. The Hall–Kier alpha value is -1.13. The van der Waals surface area contributed by atoms with Gasteiger partial charge in [-0.05, 0) is 17.7 Å². The summed E-state index contributed by atoms with van der Waals surface area (Å²) in [7, 11) is 0. The zero-order valence-electron chi connectivity index (χ0n) is 8.70. The number of hydrogen-bond acceptors (Lipinski definition) is 2. The van der Waals surface area contributed by atoms with E-state index in [1.165, 1.54) is 11.3 Å². The molecule has 0 radical (unpaired) electrons. The van der Waals surface area contributed by atoms with E-state index in [-0.39, 0.29) is 6.04 Å². The Kier molecular flexibility index (Phi) is 2.53. The molecule has 0 unspecified atom stereocenters. The van der Waals surface area contributed by atoms with Crippen LogP contribution in [0.15, 0.2) is 35.1 Å².